The first kappa shape index (κ1) is 12.7. The molecule has 1 aliphatic carbocycles. The van der Waals surface area contributed by atoms with Gasteiger partial charge in [0.25, 0.3) is 5.91 Å². The van der Waals surface area contributed by atoms with Crippen LogP contribution in [0.15, 0.2) is 36.4 Å². The molecule has 102 valence electrons. The Hall–Kier alpha value is -2.36. The Balaban J connectivity index is 1.84. The molecule has 0 fully saturated rings. The summed E-state index contributed by atoms with van der Waals surface area (Å²) in [6.07, 6.45) is 3.27. The summed E-state index contributed by atoms with van der Waals surface area (Å²) in [6.45, 7) is 0. The third kappa shape index (κ3) is 2.37. The van der Waals surface area contributed by atoms with Gasteiger partial charge in [0.15, 0.2) is 0 Å². The van der Waals surface area contributed by atoms with Gasteiger partial charge in [0, 0.05) is 11.4 Å². The van der Waals surface area contributed by atoms with Crippen molar-refractivity contribution in [2.24, 2.45) is 0 Å². The minimum Gasteiger partial charge on any atom is -0.399 e. The Labute approximate surface area is 116 Å². The molecule has 1 aliphatic rings. The summed E-state index contributed by atoms with van der Waals surface area (Å²) < 4.78 is 13.6. The Morgan fingerprint density at radius 2 is 1.90 bits per heavy atom. The maximum atomic E-state index is 13.6. The molecule has 0 spiro atoms. The number of hydrogen-bond donors (Lipinski definition) is 2. The van der Waals surface area contributed by atoms with E-state index in [0.717, 1.165) is 19.3 Å². The largest absolute Gasteiger partial charge is 0.399 e. The fourth-order valence-electron chi connectivity index (χ4n) is 2.56. The van der Waals surface area contributed by atoms with Crippen LogP contribution in [-0.2, 0) is 12.8 Å². The molecular formula is C16H15FN2O. The smallest absolute Gasteiger partial charge is 0.258 e. The molecule has 2 aromatic carbocycles. The number of hydrogen-bond acceptors (Lipinski definition) is 2. The second-order valence-corrected chi connectivity index (χ2v) is 5.03. The van der Waals surface area contributed by atoms with Crippen molar-refractivity contribution in [2.45, 2.75) is 19.3 Å². The van der Waals surface area contributed by atoms with E-state index < -0.39 is 11.7 Å². The molecular weight excluding hydrogens is 255 g/mol. The lowest BCUT2D eigenvalue weighted by molar-refractivity contribution is 0.102. The lowest BCUT2D eigenvalue weighted by atomic mass is 10.1. The van der Waals surface area contributed by atoms with Crippen LogP contribution in [0.5, 0.6) is 0 Å². The number of halogens is 1. The molecule has 0 bridgehead atoms. The molecule has 0 radical (unpaired) electrons. The van der Waals surface area contributed by atoms with Crippen molar-refractivity contribution < 1.29 is 9.18 Å². The van der Waals surface area contributed by atoms with Crippen LogP contribution in [0.3, 0.4) is 0 Å². The molecule has 0 unspecified atom stereocenters. The van der Waals surface area contributed by atoms with E-state index in [-0.39, 0.29) is 5.56 Å². The van der Waals surface area contributed by atoms with E-state index in [4.69, 9.17) is 5.73 Å². The number of nitrogens with one attached hydrogen (secondary N) is 1. The standard InChI is InChI=1S/C16H15FN2O/c17-15-7-5-12(18)9-14(15)16(20)19-13-6-4-10-2-1-3-11(10)8-13/h4-9H,1-3,18H2,(H,19,20). The van der Waals surface area contributed by atoms with Crippen LogP contribution < -0.4 is 11.1 Å². The van der Waals surface area contributed by atoms with Crippen molar-refractivity contribution in [1.29, 1.82) is 0 Å². The summed E-state index contributed by atoms with van der Waals surface area (Å²) in [5, 5.41) is 2.72. The molecule has 3 N–H and O–H groups in total. The summed E-state index contributed by atoms with van der Waals surface area (Å²) in [6, 6.07) is 9.82. The number of benzene rings is 2. The van der Waals surface area contributed by atoms with E-state index in [1.54, 1.807) is 0 Å². The zero-order valence-corrected chi connectivity index (χ0v) is 10.9. The summed E-state index contributed by atoms with van der Waals surface area (Å²) in [4.78, 5) is 12.1. The third-order valence-electron chi connectivity index (χ3n) is 3.59. The number of fused-ring (bicyclic) bond motifs is 1. The van der Waals surface area contributed by atoms with Gasteiger partial charge in [0.1, 0.15) is 5.82 Å². The fourth-order valence-corrected chi connectivity index (χ4v) is 2.56. The number of anilines is 2. The summed E-state index contributed by atoms with van der Waals surface area (Å²) >= 11 is 0. The first-order valence-corrected chi connectivity index (χ1v) is 6.61. The lowest BCUT2D eigenvalue weighted by Gasteiger charge is -2.08. The third-order valence-corrected chi connectivity index (χ3v) is 3.59. The quantitative estimate of drug-likeness (QED) is 0.824. The average molecular weight is 270 g/mol. The predicted octanol–water partition coefficient (Wildman–Crippen LogP) is 3.15. The first-order chi connectivity index (χ1) is 9.63. The number of nitrogens with two attached hydrogens (primary N) is 1. The Kier molecular flexibility index (Phi) is 3.14. The zero-order valence-electron chi connectivity index (χ0n) is 10.9. The van der Waals surface area contributed by atoms with Crippen LogP contribution in [0, 0.1) is 5.82 Å². The Morgan fingerprint density at radius 3 is 2.75 bits per heavy atom. The van der Waals surface area contributed by atoms with Crippen molar-refractivity contribution in [1.82, 2.24) is 0 Å². The van der Waals surface area contributed by atoms with E-state index in [9.17, 15) is 9.18 Å². The average Bonchev–Trinajstić information content (AvgIpc) is 2.89. The highest BCUT2D eigenvalue weighted by Gasteiger charge is 2.15. The van der Waals surface area contributed by atoms with Gasteiger partial charge in [-0.3, -0.25) is 4.79 Å². The molecule has 1 amide bonds. The molecule has 2 aromatic rings. The highest BCUT2D eigenvalue weighted by atomic mass is 19.1. The number of rotatable bonds is 2. The van der Waals surface area contributed by atoms with Gasteiger partial charge in [-0.1, -0.05) is 6.07 Å². The summed E-state index contributed by atoms with van der Waals surface area (Å²) in [5.74, 6) is -1.05. The number of carbonyl (C=O) groups excluding carboxylic acids is 1. The summed E-state index contributed by atoms with van der Waals surface area (Å²) in [5.41, 5.74) is 9.20. The zero-order chi connectivity index (χ0) is 14.1. The van der Waals surface area contributed by atoms with Crippen LogP contribution in [0.2, 0.25) is 0 Å². The SMILES string of the molecule is Nc1ccc(F)c(C(=O)Nc2ccc3c(c2)CCC3)c1. The molecule has 3 nitrogen and oxygen atoms in total. The van der Waals surface area contributed by atoms with E-state index in [2.05, 4.69) is 5.32 Å². The van der Waals surface area contributed by atoms with Gasteiger partial charge in [-0.25, -0.2) is 4.39 Å². The van der Waals surface area contributed by atoms with Crippen LogP contribution in [0.4, 0.5) is 15.8 Å². The van der Waals surface area contributed by atoms with E-state index in [0.29, 0.717) is 11.4 Å². The highest BCUT2D eigenvalue weighted by molar-refractivity contribution is 6.05. The van der Waals surface area contributed by atoms with Crippen LogP contribution in [0.1, 0.15) is 27.9 Å². The van der Waals surface area contributed by atoms with Gasteiger partial charge in [-0.15, -0.1) is 0 Å². The minimum absolute atomic E-state index is 0.0366. The van der Waals surface area contributed by atoms with Crippen molar-refractivity contribution in [3.8, 4) is 0 Å². The van der Waals surface area contributed by atoms with Crippen LogP contribution in [-0.4, -0.2) is 5.91 Å². The van der Waals surface area contributed by atoms with Crippen LogP contribution >= 0.6 is 0 Å². The molecule has 0 saturated carbocycles. The van der Waals surface area contributed by atoms with Gasteiger partial charge < -0.3 is 11.1 Å². The van der Waals surface area contributed by atoms with Gasteiger partial charge in [0.05, 0.1) is 5.56 Å². The maximum Gasteiger partial charge on any atom is 0.258 e. The topological polar surface area (TPSA) is 55.1 Å². The summed E-state index contributed by atoms with van der Waals surface area (Å²) in [7, 11) is 0. The Morgan fingerprint density at radius 1 is 1.10 bits per heavy atom. The maximum absolute atomic E-state index is 13.6. The molecule has 0 aliphatic heterocycles. The number of aryl methyl sites for hydroxylation is 2. The van der Waals surface area contributed by atoms with Crippen LogP contribution in [0.25, 0.3) is 0 Å². The van der Waals surface area contributed by atoms with Crippen molar-refractivity contribution in [3.63, 3.8) is 0 Å². The number of nitrogen functional groups attached to an aromatic ring is 1. The number of amides is 1. The predicted molar refractivity (Wildman–Crippen MR) is 77.2 cm³/mol. The lowest BCUT2D eigenvalue weighted by Crippen LogP contribution is -2.14. The molecule has 0 saturated heterocycles. The van der Waals surface area contributed by atoms with E-state index >= 15 is 0 Å². The first-order valence-electron chi connectivity index (χ1n) is 6.61. The van der Waals surface area contributed by atoms with E-state index in [1.165, 1.54) is 29.3 Å². The molecule has 0 atom stereocenters. The molecule has 4 heteroatoms. The molecule has 20 heavy (non-hydrogen) atoms. The van der Waals surface area contributed by atoms with E-state index in [1.807, 2.05) is 18.2 Å². The number of carbonyl (C=O) groups is 1. The molecule has 0 heterocycles. The Bertz CT molecular complexity index is 682. The van der Waals surface area contributed by atoms with Gasteiger partial charge in [-0.05, 0) is 60.7 Å². The second-order valence-electron chi connectivity index (χ2n) is 5.03. The van der Waals surface area contributed by atoms with Crippen molar-refractivity contribution >= 4 is 17.3 Å². The van der Waals surface area contributed by atoms with Gasteiger partial charge in [-0.2, -0.15) is 0 Å². The fraction of sp³-hybridized carbons (Fsp3) is 0.188. The molecule has 3 rings (SSSR count). The normalized spacial score (nSPS) is 13.1. The minimum atomic E-state index is -0.571. The highest BCUT2D eigenvalue weighted by Crippen LogP contribution is 2.25. The van der Waals surface area contributed by atoms with Crippen molar-refractivity contribution in [2.75, 3.05) is 11.1 Å². The second kappa shape index (κ2) is 4.96. The van der Waals surface area contributed by atoms with Crippen molar-refractivity contribution in [3.05, 3.63) is 58.9 Å². The van der Waals surface area contributed by atoms with Gasteiger partial charge >= 0.3 is 0 Å². The van der Waals surface area contributed by atoms with Gasteiger partial charge in [0.2, 0.25) is 0 Å². The molecule has 0 aromatic heterocycles. The monoisotopic (exact) mass is 270 g/mol.